The monoisotopic (exact) mass is 507 g/mol. The average Bonchev–Trinajstić information content (AvgIpc) is 2.88. The number of carbonyl (C=O) groups is 1. The lowest BCUT2D eigenvalue weighted by molar-refractivity contribution is 0.101. The van der Waals surface area contributed by atoms with E-state index < -0.39 is 15.6 Å². The number of hydrogen-bond acceptors (Lipinski definition) is 7. The Bertz CT molecular complexity index is 1570. The summed E-state index contributed by atoms with van der Waals surface area (Å²) in [6.07, 6.45) is 3.17. The van der Waals surface area contributed by atoms with Crippen molar-refractivity contribution in [2.45, 2.75) is 24.9 Å². The van der Waals surface area contributed by atoms with Crippen LogP contribution in [0, 0.1) is 0 Å². The van der Waals surface area contributed by atoms with E-state index in [1.165, 1.54) is 49.7 Å². The first-order valence-corrected chi connectivity index (χ1v) is 12.4. The van der Waals surface area contributed by atoms with Crippen LogP contribution in [0.1, 0.15) is 28.4 Å². The Morgan fingerprint density at radius 1 is 1.00 bits per heavy atom. The van der Waals surface area contributed by atoms with Crippen molar-refractivity contribution in [1.82, 2.24) is 14.3 Å². The van der Waals surface area contributed by atoms with Crippen LogP contribution >= 0.6 is 0 Å². The molecule has 1 N–H and O–H groups in total. The standard InChI is InChI=1S/C26H25N3O6S/c1-17(30)19-6-8-22(9-7-19)36(32,33)29(15-18-5-4-10-27-14-18)16-21-11-20-12-24(34-2)25(35-3)13-23(20)28-26(21)31/h4-14H,15-16H2,1-3H3,(H,28,31). The largest absolute Gasteiger partial charge is 0.493 e. The summed E-state index contributed by atoms with van der Waals surface area (Å²) in [5.74, 6) is 0.775. The number of nitrogens with zero attached hydrogens (tertiary/aromatic N) is 2. The molecular formula is C26H25N3O6S. The number of carbonyl (C=O) groups excluding carboxylic acids is 1. The molecular weight excluding hydrogens is 482 g/mol. The van der Waals surface area contributed by atoms with E-state index >= 15 is 0 Å². The number of ketones is 1. The van der Waals surface area contributed by atoms with Crippen molar-refractivity contribution in [1.29, 1.82) is 0 Å². The van der Waals surface area contributed by atoms with Crippen LogP contribution in [0.5, 0.6) is 11.5 Å². The van der Waals surface area contributed by atoms with E-state index in [2.05, 4.69) is 9.97 Å². The van der Waals surface area contributed by atoms with E-state index in [0.717, 1.165) is 0 Å². The number of aromatic nitrogens is 2. The molecule has 0 aliphatic carbocycles. The summed E-state index contributed by atoms with van der Waals surface area (Å²) < 4.78 is 39.2. The maximum absolute atomic E-state index is 13.7. The van der Waals surface area contributed by atoms with Gasteiger partial charge < -0.3 is 14.5 Å². The quantitative estimate of drug-likeness (QED) is 0.344. The second-order valence-corrected chi connectivity index (χ2v) is 10.1. The molecule has 0 saturated heterocycles. The number of hydrogen-bond donors (Lipinski definition) is 1. The van der Waals surface area contributed by atoms with Crippen molar-refractivity contribution in [2.75, 3.05) is 14.2 Å². The Balaban J connectivity index is 1.78. The molecule has 4 aromatic rings. The van der Waals surface area contributed by atoms with Crippen molar-refractivity contribution in [3.8, 4) is 11.5 Å². The van der Waals surface area contributed by atoms with E-state index in [4.69, 9.17) is 9.47 Å². The number of H-pyrrole nitrogens is 1. The van der Waals surface area contributed by atoms with Crippen LogP contribution in [-0.2, 0) is 23.1 Å². The first kappa shape index (κ1) is 25.1. The Morgan fingerprint density at radius 2 is 1.69 bits per heavy atom. The maximum atomic E-state index is 13.7. The summed E-state index contributed by atoms with van der Waals surface area (Å²) in [6.45, 7) is 1.22. The molecule has 0 saturated carbocycles. The third-order valence-electron chi connectivity index (χ3n) is 5.75. The van der Waals surface area contributed by atoms with Crippen molar-refractivity contribution in [3.63, 3.8) is 0 Å². The molecule has 2 heterocycles. The van der Waals surface area contributed by atoms with Gasteiger partial charge in [-0.1, -0.05) is 18.2 Å². The van der Waals surface area contributed by atoms with Crippen LogP contribution in [-0.4, -0.2) is 42.7 Å². The van der Waals surface area contributed by atoms with Crippen molar-refractivity contribution in [2.24, 2.45) is 0 Å². The number of sulfonamides is 1. The van der Waals surface area contributed by atoms with Gasteiger partial charge in [-0.15, -0.1) is 0 Å². The van der Waals surface area contributed by atoms with Crippen LogP contribution in [0.2, 0.25) is 0 Å². The molecule has 0 bridgehead atoms. The van der Waals surface area contributed by atoms with E-state index in [-0.39, 0.29) is 29.3 Å². The molecule has 0 amide bonds. The number of rotatable bonds is 9. The van der Waals surface area contributed by atoms with E-state index in [0.29, 0.717) is 33.5 Å². The van der Waals surface area contributed by atoms with Crippen molar-refractivity contribution >= 4 is 26.7 Å². The molecule has 36 heavy (non-hydrogen) atoms. The van der Waals surface area contributed by atoms with E-state index in [1.54, 1.807) is 42.7 Å². The van der Waals surface area contributed by atoms with Gasteiger partial charge in [-0.3, -0.25) is 14.6 Å². The molecule has 0 atom stereocenters. The molecule has 0 fully saturated rings. The highest BCUT2D eigenvalue weighted by Gasteiger charge is 2.26. The topological polar surface area (TPSA) is 119 Å². The van der Waals surface area contributed by atoms with Crippen LogP contribution in [0.3, 0.4) is 0 Å². The van der Waals surface area contributed by atoms with Crippen molar-refractivity contribution in [3.05, 3.63) is 94.0 Å². The third kappa shape index (κ3) is 5.14. The molecule has 0 radical (unpaired) electrons. The van der Waals surface area contributed by atoms with Gasteiger partial charge in [-0.2, -0.15) is 4.31 Å². The smallest absolute Gasteiger partial charge is 0.252 e. The van der Waals surface area contributed by atoms with Gasteiger partial charge in [-0.05, 0) is 42.8 Å². The average molecular weight is 508 g/mol. The molecule has 0 unspecified atom stereocenters. The zero-order valence-electron chi connectivity index (χ0n) is 20.0. The fourth-order valence-electron chi connectivity index (χ4n) is 3.82. The molecule has 9 nitrogen and oxygen atoms in total. The summed E-state index contributed by atoms with van der Waals surface area (Å²) in [5.41, 5.74) is 1.42. The lowest BCUT2D eigenvalue weighted by atomic mass is 10.1. The molecule has 0 aliphatic rings. The number of pyridine rings is 2. The molecule has 0 spiro atoms. The number of Topliss-reactive ketones (excluding diaryl/α,β-unsaturated/α-hetero) is 1. The van der Waals surface area contributed by atoms with Crippen molar-refractivity contribution < 1.29 is 22.7 Å². The van der Waals surface area contributed by atoms with Gasteiger partial charge >= 0.3 is 0 Å². The highest BCUT2D eigenvalue weighted by molar-refractivity contribution is 7.89. The number of fused-ring (bicyclic) bond motifs is 1. The van der Waals surface area contributed by atoms with Crippen LogP contribution in [0.4, 0.5) is 0 Å². The fraction of sp³-hybridized carbons (Fsp3) is 0.192. The van der Waals surface area contributed by atoms with Crippen LogP contribution < -0.4 is 15.0 Å². The summed E-state index contributed by atoms with van der Waals surface area (Å²) in [4.78, 5) is 31.5. The first-order valence-electron chi connectivity index (χ1n) is 11.0. The van der Waals surface area contributed by atoms with E-state index in [9.17, 15) is 18.0 Å². The second-order valence-electron chi connectivity index (χ2n) is 8.13. The fourth-order valence-corrected chi connectivity index (χ4v) is 5.22. The van der Waals surface area contributed by atoms with Gasteiger partial charge in [0.25, 0.3) is 5.56 Å². The SMILES string of the molecule is COc1cc2cc(CN(Cc3cccnc3)S(=O)(=O)c3ccc(C(C)=O)cc3)c(=O)[nH]c2cc1OC. The van der Waals surface area contributed by atoms with E-state index in [1.807, 2.05) is 0 Å². The van der Waals surface area contributed by atoms with Gasteiger partial charge in [0, 0.05) is 48.1 Å². The molecule has 0 aliphatic heterocycles. The number of aromatic amines is 1. The lowest BCUT2D eigenvalue weighted by Gasteiger charge is -2.22. The summed E-state index contributed by atoms with van der Waals surface area (Å²) in [5, 5.41) is 0.659. The molecule has 10 heteroatoms. The Kier molecular flexibility index (Phi) is 7.18. The highest BCUT2D eigenvalue weighted by Crippen LogP contribution is 2.31. The minimum atomic E-state index is -4.04. The number of benzene rings is 2. The predicted molar refractivity (Wildman–Crippen MR) is 135 cm³/mol. The zero-order valence-corrected chi connectivity index (χ0v) is 20.8. The summed E-state index contributed by atoms with van der Waals surface area (Å²) >= 11 is 0. The number of methoxy groups -OCH3 is 2. The van der Waals surface area contributed by atoms with Gasteiger partial charge in [0.1, 0.15) is 0 Å². The maximum Gasteiger partial charge on any atom is 0.252 e. The first-order chi connectivity index (χ1) is 17.2. The lowest BCUT2D eigenvalue weighted by Crippen LogP contribution is -2.32. The Morgan fingerprint density at radius 3 is 2.31 bits per heavy atom. The molecule has 2 aromatic carbocycles. The van der Waals surface area contributed by atoms with Crippen LogP contribution in [0.15, 0.2) is 76.7 Å². The zero-order chi connectivity index (χ0) is 25.9. The van der Waals surface area contributed by atoms with Gasteiger partial charge in [0.2, 0.25) is 10.0 Å². The minimum Gasteiger partial charge on any atom is -0.493 e. The Labute approximate surface area is 208 Å². The Hall–Kier alpha value is -4.02. The van der Waals surface area contributed by atoms with Gasteiger partial charge in [0.15, 0.2) is 17.3 Å². The second kappa shape index (κ2) is 10.3. The molecule has 4 rings (SSSR count). The third-order valence-corrected chi connectivity index (χ3v) is 7.56. The minimum absolute atomic E-state index is 0.00591. The number of ether oxygens (including phenoxy) is 2. The number of nitrogens with one attached hydrogen (secondary N) is 1. The summed E-state index contributed by atoms with van der Waals surface area (Å²) in [7, 11) is -1.03. The van der Waals surface area contributed by atoms with Gasteiger partial charge in [-0.25, -0.2) is 8.42 Å². The molecule has 186 valence electrons. The highest BCUT2D eigenvalue weighted by atomic mass is 32.2. The summed E-state index contributed by atoms with van der Waals surface area (Å²) in [6, 6.07) is 14.2. The normalized spacial score (nSPS) is 11.6. The van der Waals surface area contributed by atoms with Crippen LogP contribution in [0.25, 0.3) is 10.9 Å². The molecule has 2 aromatic heterocycles. The predicted octanol–water partition coefficient (Wildman–Crippen LogP) is 3.53. The van der Waals surface area contributed by atoms with Gasteiger partial charge in [0.05, 0.1) is 24.6 Å².